The second kappa shape index (κ2) is 4.99. The minimum atomic E-state index is -0.1000. The maximum Gasteiger partial charge on any atom is 0.170 e. The van der Waals surface area contributed by atoms with Crippen LogP contribution in [0.25, 0.3) is 0 Å². The fraction of sp³-hybridized carbons (Fsp3) is 0.600. The lowest BCUT2D eigenvalue weighted by atomic mass is 9.73. The van der Waals surface area contributed by atoms with Crippen molar-refractivity contribution in [3.05, 3.63) is 30.1 Å². The van der Waals surface area contributed by atoms with Crippen LogP contribution in [0, 0.1) is 11.3 Å². The van der Waals surface area contributed by atoms with Gasteiger partial charge in [-0.15, -0.1) is 0 Å². The van der Waals surface area contributed by atoms with Gasteiger partial charge in [-0.25, -0.2) is 0 Å². The summed E-state index contributed by atoms with van der Waals surface area (Å²) in [6, 6.07) is 3.75. The fourth-order valence-corrected chi connectivity index (χ4v) is 3.16. The van der Waals surface area contributed by atoms with Crippen molar-refractivity contribution < 1.29 is 4.79 Å². The minimum absolute atomic E-state index is 0.1000. The molecular formula is C15H21NO. The van der Waals surface area contributed by atoms with Crippen LogP contribution in [0.3, 0.4) is 0 Å². The van der Waals surface area contributed by atoms with E-state index < -0.39 is 0 Å². The number of pyridine rings is 1. The van der Waals surface area contributed by atoms with E-state index in [0.29, 0.717) is 11.7 Å². The van der Waals surface area contributed by atoms with E-state index in [4.69, 9.17) is 0 Å². The summed E-state index contributed by atoms with van der Waals surface area (Å²) in [7, 11) is 0. The van der Waals surface area contributed by atoms with Gasteiger partial charge in [0.1, 0.15) is 0 Å². The normalized spacial score (nSPS) is 18.5. The van der Waals surface area contributed by atoms with E-state index in [9.17, 15) is 4.79 Å². The van der Waals surface area contributed by atoms with Crippen molar-refractivity contribution in [1.82, 2.24) is 4.98 Å². The largest absolute Gasteiger partial charge is 0.293 e. The third-order valence-electron chi connectivity index (χ3n) is 3.77. The molecule has 1 aromatic heterocycles. The summed E-state index contributed by atoms with van der Waals surface area (Å²) in [4.78, 5) is 16.7. The highest BCUT2D eigenvalue weighted by Crippen LogP contribution is 2.45. The monoisotopic (exact) mass is 231 g/mol. The molecule has 1 aromatic rings. The molecule has 0 radical (unpaired) electrons. The Morgan fingerprint density at radius 3 is 2.65 bits per heavy atom. The molecule has 0 saturated heterocycles. The number of rotatable bonds is 4. The Kier molecular flexibility index (Phi) is 3.60. The van der Waals surface area contributed by atoms with Gasteiger partial charge in [0.15, 0.2) is 5.78 Å². The van der Waals surface area contributed by atoms with E-state index in [-0.39, 0.29) is 5.41 Å². The molecule has 0 spiro atoms. The predicted octanol–water partition coefficient (Wildman–Crippen LogP) is 3.87. The smallest absolute Gasteiger partial charge is 0.170 e. The van der Waals surface area contributed by atoms with Gasteiger partial charge in [-0.1, -0.05) is 26.7 Å². The molecule has 17 heavy (non-hydrogen) atoms. The number of hydrogen-bond donors (Lipinski definition) is 0. The Morgan fingerprint density at radius 1 is 1.41 bits per heavy atom. The van der Waals surface area contributed by atoms with Gasteiger partial charge in [0.2, 0.25) is 0 Å². The van der Waals surface area contributed by atoms with Crippen LogP contribution in [-0.4, -0.2) is 10.8 Å². The molecule has 1 saturated carbocycles. The van der Waals surface area contributed by atoms with E-state index in [2.05, 4.69) is 18.8 Å². The second-order valence-corrected chi connectivity index (χ2v) is 5.66. The lowest BCUT2D eigenvalue weighted by Crippen LogP contribution is -2.30. The Labute approximate surface area is 103 Å². The summed E-state index contributed by atoms with van der Waals surface area (Å²) >= 11 is 0. The molecule has 0 amide bonds. The summed E-state index contributed by atoms with van der Waals surface area (Å²) in [5.74, 6) is 0.894. The highest BCUT2D eigenvalue weighted by Gasteiger charge is 2.41. The van der Waals surface area contributed by atoms with Crippen LogP contribution in [-0.2, 0) is 0 Å². The van der Waals surface area contributed by atoms with Crippen LogP contribution in [0.5, 0.6) is 0 Å². The summed E-state index contributed by atoms with van der Waals surface area (Å²) in [5.41, 5.74) is 0.687. The fourth-order valence-electron chi connectivity index (χ4n) is 3.16. The highest BCUT2D eigenvalue weighted by molar-refractivity contribution is 6.00. The average Bonchev–Trinajstić information content (AvgIpc) is 2.78. The summed E-state index contributed by atoms with van der Waals surface area (Å²) in [5, 5.41) is 0. The number of nitrogens with zero attached hydrogens (tertiary/aromatic N) is 1. The molecule has 0 unspecified atom stereocenters. The Bertz CT molecular complexity index is 377. The molecule has 0 aliphatic heterocycles. The van der Waals surface area contributed by atoms with Crippen molar-refractivity contribution in [1.29, 1.82) is 0 Å². The number of Topliss-reactive ketones (excluding diaryl/α,β-unsaturated/α-hetero) is 1. The van der Waals surface area contributed by atoms with Gasteiger partial charge >= 0.3 is 0 Å². The summed E-state index contributed by atoms with van der Waals surface area (Å²) < 4.78 is 0. The SMILES string of the molecule is CC(C)CC1(C(=O)c2cccnc2)CCCC1. The third kappa shape index (κ3) is 2.56. The Balaban J connectivity index is 2.25. The van der Waals surface area contributed by atoms with Gasteiger partial charge in [-0.05, 0) is 37.3 Å². The molecule has 1 fully saturated rings. The van der Waals surface area contributed by atoms with Crippen molar-refractivity contribution >= 4 is 5.78 Å². The molecule has 2 nitrogen and oxygen atoms in total. The zero-order chi connectivity index (χ0) is 12.3. The maximum atomic E-state index is 12.7. The molecule has 1 aliphatic rings. The Hall–Kier alpha value is -1.18. The second-order valence-electron chi connectivity index (χ2n) is 5.66. The molecule has 0 bridgehead atoms. The van der Waals surface area contributed by atoms with Crippen molar-refractivity contribution in [3.8, 4) is 0 Å². The number of carbonyl (C=O) groups excluding carboxylic acids is 1. The zero-order valence-electron chi connectivity index (χ0n) is 10.8. The van der Waals surface area contributed by atoms with E-state index in [1.165, 1.54) is 12.8 Å². The minimum Gasteiger partial charge on any atom is -0.293 e. The number of carbonyl (C=O) groups is 1. The number of ketones is 1. The predicted molar refractivity (Wildman–Crippen MR) is 68.9 cm³/mol. The molecule has 2 rings (SSSR count). The molecule has 0 N–H and O–H groups in total. The first-order chi connectivity index (χ1) is 8.14. The molecule has 92 valence electrons. The first-order valence-electron chi connectivity index (χ1n) is 6.59. The van der Waals surface area contributed by atoms with Gasteiger partial charge in [-0.2, -0.15) is 0 Å². The molecule has 2 heteroatoms. The van der Waals surface area contributed by atoms with E-state index in [0.717, 1.165) is 24.8 Å². The third-order valence-corrected chi connectivity index (χ3v) is 3.77. The van der Waals surface area contributed by atoms with Crippen LogP contribution < -0.4 is 0 Å². The standard InChI is InChI=1S/C15H21NO/c1-12(2)10-15(7-3-4-8-15)14(17)13-6-5-9-16-11-13/h5-6,9,11-12H,3-4,7-8,10H2,1-2H3. The van der Waals surface area contributed by atoms with Crippen molar-refractivity contribution in [2.75, 3.05) is 0 Å². The van der Waals surface area contributed by atoms with Crippen molar-refractivity contribution in [3.63, 3.8) is 0 Å². The lowest BCUT2D eigenvalue weighted by molar-refractivity contribution is 0.0759. The van der Waals surface area contributed by atoms with Crippen molar-refractivity contribution in [2.45, 2.75) is 46.0 Å². The van der Waals surface area contributed by atoms with Gasteiger partial charge in [0.25, 0.3) is 0 Å². The van der Waals surface area contributed by atoms with E-state index in [1.807, 2.05) is 12.1 Å². The summed E-state index contributed by atoms with van der Waals surface area (Å²) in [6.07, 6.45) is 8.94. The summed E-state index contributed by atoms with van der Waals surface area (Å²) in [6.45, 7) is 4.41. The number of hydrogen-bond acceptors (Lipinski definition) is 2. The first kappa shape index (κ1) is 12.3. The van der Waals surface area contributed by atoms with E-state index in [1.54, 1.807) is 12.4 Å². The van der Waals surface area contributed by atoms with Crippen LogP contribution >= 0.6 is 0 Å². The van der Waals surface area contributed by atoms with Gasteiger partial charge in [-0.3, -0.25) is 9.78 Å². The molecular weight excluding hydrogens is 210 g/mol. The van der Waals surface area contributed by atoms with Crippen LogP contribution in [0.2, 0.25) is 0 Å². The Morgan fingerprint density at radius 2 is 2.12 bits per heavy atom. The first-order valence-corrected chi connectivity index (χ1v) is 6.59. The highest BCUT2D eigenvalue weighted by atomic mass is 16.1. The van der Waals surface area contributed by atoms with Gasteiger partial charge in [0, 0.05) is 23.4 Å². The van der Waals surface area contributed by atoms with Gasteiger partial charge < -0.3 is 0 Å². The lowest BCUT2D eigenvalue weighted by Gasteiger charge is -2.29. The van der Waals surface area contributed by atoms with Crippen molar-refractivity contribution in [2.24, 2.45) is 11.3 Å². The quantitative estimate of drug-likeness (QED) is 0.736. The molecule has 0 atom stereocenters. The van der Waals surface area contributed by atoms with E-state index >= 15 is 0 Å². The zero-order valence-corrected chi connectivity index (χ0v) is 10.8. The number of aromatic nitrogens is 1. The van der Waals surface area contributed by atoms with Gasteiger partial charge in [0.05, 0.1) is 0 Å². The van der Waals surface area contributed by atoms with Crippen LogP contribution in [0.15, 0.2) is 24.5 Å². The van der Waals surface area contributed by atoms with Crippen LogP contribution in [0.4, 0.5) is 0 Å². The molecule has 1 heterocycles. The topological polar surface area (TPSA) is 30.0 Å². The van der Waals surface area contributed by atoms with Crippen LogP contribution in [0.1, 0.15) is 56.3 Å². The molecule has 0 aromatic carbocycles. The molecule has 1 aliphatic carbocycles. The average molecular weight is 231 g/mol. The maximum absolute atomic E-state index is 12.7.